The third kappa shape index (κ3) is 4.17. The first-order valence-corrected chi connectivity index (χ1v) is 8.15. The van der Waals surface area contributed by atoms with E-state index in [0.717, 1.165) is 17.3 Å². The number of carbonyl (C=O) groups is 2. The fraction of sp³-hybridized carbons (Fsp3) is 0.389. The number of esters is 1. The van der Waals surface area contributed by atoms with Crippen LogP contribution < -0.4 is 11.1 Å². The number of H-pyrrole nitrogens is 1. The van der Waals surface area contributed by atoms with Crippen LogP contribution in [0.4, 0.5) is 0 Å². The van der Waals surface area contributed by atoms with Crippen molar-refractivity contribution in [2.45, 2.75) is 38.3 Å². The van der Waals surface area contributed by atoms with Crippen molar-refractivity contribution in [2.24, 2.45) is 5.73 Å². The predicted octanol–water partition coefficient (Wildman–Crippen LogP) is 1.37. The molecule has 0 saturated carbocycles. The molecule has 0 unspecified atom stereocenters. The summed E-state index contributed by atoms with van der Waals surface area (Å²) in [5.74, 6) is -0.940. The summed E-state index contributed by atoms with van der Waals surface area (Å²) in [7, 11) is 1.28. The topological polar surface area (TPSA) is 121 Å². The molecule has 0 spiro atoms. The first kappa shape index (κ1) is 18.5. The summed E-state index contributed by atoms with van der Waals surface area (Å²) in [6.07, 6.45) is 1.39. The van der Waals surface area contributed by atoms with Gasteiger partial charge in [-0.25, -0.2) is 4.79 Å². The molecule has 2 aromatic rings. The normalized spacial score (nSPS) is 13.0. The number of fused-ring (bicyclic) bond motifs is 1. The van der Waals surface area contributed by atoms with Crippen molar-refractivity contribution in [2.75, 3.05) is 7.11 Å². The number of methoxy groups -OCH3 is 1. The molecule has 132 valence electrons. The summed E-state index contributed by atoms with van der Waals surface area (Å²) in [5, 5.41) is 12.8. The molecule has 0 aliphatic rings. The highest BCUT2D eigenvalue weighted by atomic mass is 16.5. The van der Waals surface area contributed by atoms with E-state index in [9.17, 15) is 14.9 Å². The summed E-state index contributed by atoms with van der Waals surface area (Å²) in [5.41, 5.74) is 7.93. The number of nitriles is 1. The molecule has 7 nitrogen and oxygen atoms in total. The van der Waals surface area contributed by atoms with Crippen molar-refractivity contribution in [3.8, 4) is 6.07 Å². The Morgan fingerprint density at radius 3 is 2.76 bits per heavy atom. The van der Waals surface area contributed by atoms with Gasteiger partial charge in [-0.2, -0.15) is 5.26 Å². The summed E-state index contributed by atoms with van der Waals surface area (Å²) in [4.78, 5) is 27.1. The average molecular weight is 342 g/mol. The van der Waals surface area contributed by atoms with Crippen molar-refractivity contribution in [3.63, 3.8) is 0 Å². The molecule has 4 N–H and O–H groups in total. The summed E-state index contributed by atoms with van der Waals surface area (Å²) < 4.78 is 4.70. The fourth-order valence-corrected chi connectivity index (χ4v) is 2.78. The Labute approximate surface area is 146 Å². The fourth-order valence-electron chi connectivity index (χ4n) is 2.78. The maximum absolute atomic E-state index is 12.4. The Kier molecular flexibility index (Phi) is 6.14. The second-order valence-electron chi connectivity index (χ2n) is 5.82. The third-order valence-electron chi connectivity index (χ3n) is 4.07. The molecule has 0 fully saturated rings. The number of para-hydroxylation sites is 1. The molecule has 0 aliphatic heterocycles. The monoisotopic (exact) mass is 342 g/mol. The van der Waals surface area contributed by atoms with Gasteiger partial charge < -0.3 is 20.8 Å². The predicted molar refractivity (Wildman–Crippen MR) is 93.5 cm³/mol. The van der Waals surface area contributed by atoms with Gasteiger partial charge in [0, 0.05) is 10.9 Å². The molecule has 0 radical (unpaired) electrons. The van der Waals surface area contributed by atoms with Gasteiger partial charge in [0.05, 0.1) is 13.2 Å². The van der Waals surface area contributed by atoms with E-state index < -0.39 is 24.0 Å². The van der Waals surface area contributed by atoms with Crippen LogP contribution in [0.2, 0.25) is 0 Å². The van der Waals surface area contributed by atoms with Crippen LogP contribution in [0.5, 0.6) is 0 Å². The number of hydrogen-bond acceptors (Lipinski definition) is 5. The van der Waals surface area contributed by atoms with Crippen molar-refractivity contribution >= 4 is 22.8 Å². The van der Waals surface area contributed by atoms with Gasteiger partial charge in [0.2, 0.25) is 5.91 Å². The lowest BCUT2D eigenvalue weighted by Crippen LogP contribution is -2.49. The van der Waals surface area contributed by atoms with E-state index in [0.29, 0.717) is 17.7 Å². The van der Waals surface area contributed by atoms with Crippen molar-refractivity contribution in [3.05, 3.63) is 35.5 Å². The van der Waals surface area contributed by atoms with Gasteiger partial charge in [0.1, 0.15) is 17.8 Å². The molecule has 7 heteroatoms. The van der Waals surface area contributed by atoms with Gasteiger partial charge in [-0.3, -0.25) is 4.79 Å². The number of rotatable bonds is 7. The lowest BCUT2D eigenvalue weighted by Gasteiger charge is -2.18. The third-order valence-corrected chi connectivity index (χ3v) is 4.07. The molecule has 1 aromatic carbocycles. The number of ether oxygens (including phenoxy) is 1. The van der Waals surface area contributed by atoms with Crippen LogP contribution in [0.15, 0.2) is 24.3 Å². The van der Waals surface area contributed by atoms with Crippen molar-refractivity contribution in [1.82, 2.24) is 10.3 Å². The van der Waals surface area contributed by atoms with Gasteiger partial charge in [-0.05, 0) is 24.5 Å². The second kappa shape index (κ2) is 8.31. The van der Waals surface area contributed by atoms with Gasteiger partial charge in [-0.15, -0.1) is 0 Å². The van der Waals surface area contributed by atoms with E-state index >= 15 is 0 Å². The zero-order chi connectivity index (χ0) is 18.4. The Bertz CT molecular complexity index is 806. The highest BCUT2D eigenvalue weighted by Gasteiger charge is 2.25. The number of benzene rings is 1. The van der Waals surface area contributed by atoms with Crippen molar-refractivity contribution in [1.29, 1.82) is 5.26 Å². The van der Waals surface area contributed by atoms with E-state index in [4.69, 9.17) is 10.5 Å². The number of hydrogen-bond donors (Lipinski definition) is 3. The highest BCUT2D eigenvalue weighted by Crippen LogP contribution is 2.23. The summed E-state index contributed by atoms with van der Waals surface area (Å²) in [6.45, 7) is 1.91. The van der Waals surface area contributed by atoms with E-state index in [-0.39, 0.29) is 6.42 Å². The lowest BCUT2D eigenvalue weighted by atomic mass is 10.0. The maximum atomic E-state index is 12.4. The minimum absolute atomic E-state index is 0.193. The summed E-state index contributed by atoms with van der Waals surface area (Å²) in [6, 6.07) is 7.97. The van der Waals surface area contributed by atoms with Gasteiger partial charge >= 0.3 is 5.97 Å². The molecule has 1 aromatic heterocycles. The Morgan fingerprint density at radius 2 is 2.12 bits per heavy atom. The van der Waals surface area contributed by atoms with Crippen LogP contribution in [0.25, 0.3) is 10.9 Å². The second-order valence-corrected chi connectivity index (χ2v) is 5.82. The van der Waals surface area contributed by atoms with E-state index in [1.54, 1.807) is 0 Å². The van der Waals surface area contributed by atoms with Gasteiger partial charge in [-0.1, -0.05) is 31.5 Å². The Balaban J connectivity index is 2.16. The number of aromatic nitrogens is 1. The number of aromatic amines is 1. The molecule has 1 amide bonds. The minimum Gasteiger partial charge on any atom is -0.467 e. The van der Waals surface area contributed by atoms with Crippen LogP contribution in [0.1, 0.15) is 31.0 Å². The molecule has 0 bridgehead atoms. The van der Waals surface area contributed by atoms with Crippen LogP contribution in [0.3, 0.4) is 0 Å². The lowest BCUT2D eigenvalue weighted by molar-refractivity contribution is -0.145. The quantitative estimate of drug-likeness (QED) is 0.656. The molecule has 0 saturated heterocycles. The first-order chi connectivity index (χ1) is 12.0. The van der Waals surface area contributed by atoms with Crippen LogP contribution >= 0.6 is 0 Å². The zero-order valence-electron chi connectivity index (χ0n) is 14.3. The van der Waals surface area contributed by atoms with E-state index in [1.165, 1.54) is 7.11 Å². The standard InChI is InChI=1S/C18H22N4O3/c1-3-6-15(18(24)25-2)22-17(23)13(20)9-12-11-7-4-5-8-14(11)21-16(12)10-19/h4-5,7-8,13,15,21H,3,6,9,20H2,1-2H3,(H,22,23)/t13-,15-/m1/s1. The largest absolute Gasteiger partial charge is 0.467 e. The van der Waals surface area contributed by atoms with E-state index in [1.807, 2.05) is 31.2 Å². The Hall–Kier alpha value is -2.85. The SMILES string of the molecule is CCC[C@@H](NC(=O)[C@H](N)Cc1c(C#N)[nH]c2ccccc12)C(=O)OC. The van der Waals surface area contributed by atoms with Crippen LogP contribution in [-0.2, 0) is 20.7 Å². The number of carbonyl (C=O) groups excluding carboxylic acids is 2. The zero-order valence-corrected chi connectivity index (χ0v) is 14.3. The maximum Gasteiger partial charge on any atom is 0.328 e. The van der Waals surface area contributed by atoms with Gasteiger partial charge in [0.15, 0.2) is 0 Å². The van der Waals surface area contributed by atoms with Crippen molar-refractivity contribution < 1.29 is 14.3 Å². The number of nitrogens with zero attached hydrogens (tertiary/aromatic N) is 1. The molecule has 2 rings (SSSR count). The van der Waals surface area contributed by atoms with Crippen LogP contribution in [0, 0.1) is 11.3 Å². The molecule has 0 aliphatic carbocycles. The average Bonchev–Trinajstić information content (AvgIpc) is 2.98. The molecule has 2 atom stereocenters. The molecule has 1 heterocycles. The smallest absolute Gasteiger partial charge is 0.328 e. The number of amides is 1. The minimum atomic E-state index is -0.879. The molecular formula is C18H22N4O3. The molecular weight excluding hydrogens is 320 g/mol. The molecule has 25 heavy (non-hydrogen) atoms. The van der Waals surface area contributed by atoms with E-state index in [2.05, 4.69) is 16.4 Å². The summed E-state index contributed by atoms with van der Waals surface area (Å²) >= 11 is 0. The van der Waals surface area contributed by atoms with Crippen LogP contribution in [-0.4, -0.2) is 36.1 Å². The first-order valence-electron chi connectivity index (χ1n) is 8.15. The number of nitrogens with one attached hydrogen (secondary N) is 2. The number of nitrogens with two attached hydrogens (primary N) is 1. The highest BCUT2D eigenvalue weighted by molar-refractivity contribution is 5.90. The van der Waals surface area contributed by atoms with Gasteiger partial charge in [0.25, 0.3) is 0 Å². The Morgan fingerprint density at radius 1 is 1.40 bits per heavy atom.